The lowest BCUT2D eigenvalue weighted by molar-refractivity contribution is 0.0996. The lowest BCUT2D eigenvalue weighted by atomic mass is 10.2. The van der Waals surface area contributed by atoms with Crippen LogP contribution in [0.3, 0.4) is 0 Å². The maximum atomic E-state index is 11.9. The normalized spacial score (nSPS) is 10.2. The summed E-state index contributed by atoms with van der Waals surface area (Å²) in [5, 5.41) is 8.38. The molecule has 6 nitrogen and oxygen atoms in total. The first-order valence-electron chi connectivity index (χ1n) is 7.29. The van der Waals surface area contributed by atoms with Crippen molar-refractivity contribution in [3.8, 4) is 0 Å². The van der Waals surface area contributed by atoms with Crippen LogP contribution < -0.4 is 16.0 Å². The Balaban J connectivity index is 1.95. The molecular formula is C16H18ClN3O3. The minimum atomic E-state index is -0.394. The fraction of sp³-hybridized carbons (Fsp3) is 0.250. The van der Waals surface area contributed by atoms with Crippen molar-refractivity contribution < 1.29 is 14.0 Å². The van der Waals surface area contributed by atoms with E-state index >= 15 is 0 Å². The maximum absolute atomic E-state index is 11.9. The van der Waals surface area contributed by atoms with Crippen molar-refractivity contribution in [3.63, 3.8) is 0 Å². The third-order valence-electron chi connectivity index (χ3n) is 3.04. The van der Waals surface area contributed by atoms with Crippen LogP contribution in [-0.2, 0) is 0 Å². The van der Waals surface area contributed by atoms with Crippen LogP contribution in [0.4, 0.5) is 16.2 Å². The van der Waals surface area contributed by atoms with E-state index in [1.165, 1.54) is 6.26 Å². The van der Waals surface area contributed by atoms with Gasteiger partial charge in [0, 0.05) is 12.2 Å². The second-order valence-electron chi connectivity index (χ2n) is 4.86. The number of hydrogen-bond donors (Lipinski definition) is 3. The molecule has 0 spiro atoms. The maximum Gasteiger partial charge on any atom is 0.319 e. The summed E-state index contributed by atoms with van der Waals surface area (Å²) in [6.45, 7) is 2.67. The molecule has 2 rings (SSSR count). The van der Waals surface area contributed by atoms with Crippen LogP contribution in [0.2, 0.25) is 5.02 Å². The van der Waals surface area contributed by atoms with E-state index in [1.807, 2.05) is 0 Å². The third kappa shape index (κ3) is 5.03. The van der Waals surface area contributed by atoms with Gasteiger partial charge in [0.15, 0.2) is 5.76 Å². The van der Waals surface area contributed by atoms with Gasteiger partial charge < -0.3 is 20.4 Å². The fourth-order valence-electron chi connectivity index (χ4n) is 1.84. The number of amides is 3. The second kappa shape index (κ2) is 8.24. The van der Waals surface area contributed by atoms with Gasteiger partial charge in [-0.3, -0.25) is 4.79 Å². The molecule has 0 radical (unpaired) electrons. The van der Waals surface area contributed by atoms with Crippen molar-refractivity contribution in [3.05, 3.63) is 47.4 Å². The van der Waals surface area contributed by atoms with Crippen LogP contribution in [-0.4, -0.2) is 18.5 Å². The van der Waals surface area contributed by atoms with E-state index in [-0.39, 0.29) is 11.8 Å². The zero-order valence-corrected chi connectivity index (χ0v) is 13.4. The molecule has 0 aliphatic rings. The average Bonchev–Trinajstić information content (AvgIpc) is 3.04. The number of benzene rings is 1. The molecule has 0 atom stereocenters. The van der Waals surface area contributed by atoms with Gasteiger partial charge in [0.25, 0.3) is 5.91 Å². The first kappa shape index (κ1) is 16.9. The topological polar surface area (TPSA) is 83.4 Å². The van der Waals surface area contributed by atoms with E-state index in [0.29, 0.717) is 22.9 Å². The van der Waals surface area contributed by atoms with E-state index in [4.69, 9.17) is 16.0 Å². The molecule has 23 heavy (non-hydrogen) atoms. The van der Waals surface area contributed by atoms with E-state index in [9.17, 15) is 9.59 Å². The SMILES string of the molecule is CCCCNC(=O)Nc1ccc(NC(=O)c2ccco2)c(Cl)c1. The molecule has 1 aromatic carbocycles. The van der Waals surface area contributed by atoms with E-state index in [2.05, 4.69) is 22.9 Å². The monoisotopic (exact) mass is 335 g/mol. The number of carbonyl (C=O) groups is 2. The van der Waals surface area contributed by atoms with Gasteiger partial charge in [-0.2, -0.15) is 0 Å². The molecule has 0 aliphatic heterocycles. The molecule has 1 aromatic heterocycles. The minimum absolute atomic E-state index is 0.193. The molecule has 3 amide bonds. The number of furan rings is 1. The summed E-state index contributed by atoms with van der Waals surface area (Å²) >= 11 is 6.13. The highest BCUT2D eigenvalue weighted by molar-refractivity contribution is 6.34. The number of halogens is 1. The largest absolute Gasteiger partial charge is 0.459 e. The predicted molar refractivity (Wildman–Crippen MR) is 90.0 cm³/mol. The van der Waals surface area contributed by atoms with Gasteiger partial charge in [0.2, 0.25) is 0 Å². The van der Waals surface area contributed by atoms with Crippen molar-refractivity contribution in [2.45, 2.75) is 19.8 Å². The summed E-state index contributed by atoms with van der Waals surface area (Å²) in [7, 11) is 0. The van der Waals surface area contributed by atoms with Crippen LogP contribution in [0, 0.1) is 0 Å². The van der Waals surface area contributed by atoms with Crippen LogP contribution in [0.25, 0.3) is 0 Å². The van der Waals surface area contributed by atoms with Gasteiger partial charge in [0.1, 0.15) is 0 Å². The Morgan fingerprint density at radius 1 is 1.22 bits per heavy atom. The van der Waals surface area contributed by atoms with Crippen molar-refractivity contribution >= 4 is 34.9 Å². The zero-order valence-electron chi connectivity index (χ0n) is 12.7. The predicted octanol–water partition coefficient (Wildman–Crippen LogP) is 4.11. The smallest absolute Gasteiger partial charge is 0.319 e. The molecule has 0 bridgehead atoms. The lowest BCUT2D eigenvalue weighted by Gasteiger charge is -2.10. The molecule has 2 aromatic rings. The zero-order chi connectivity index (χ0) is 16.7. The number of anilines is 2. The van der Waals surface area contributed by atoms with E-state index < -0.39 is 5.91 Å². The Bertz CT molecular complexity index is 671. The van der Waals surface area contributed by atoms with Gasteiger partial charge in [-0.15, -0.1) is 0 Å². The minimum Gasteiger partial charge on any atom is -0.459 e. The van der Waals surface area contributed by atoms with Crippen molar-refractivity contribution in [1.29, 1.82) is 0 Å². The van der Waals surface area contributed by atoms with Gasteiger partial charge in [0.05, 0.1) is 17.0 Å². The summed E-state index contributed by atoms with van der Waals surface area (Å²) in [4.78, 5) is 23.6. The molecule has 0 aliphatic carbocycles. The van der Waals surface area contributed by atoms with Gasteiger partial charge in [-0.25, -0.2) is 4.79 Å². The Morgan fingerprint density at radius 3 is 2.70 bits per heavy atom. The standard InChI is InChI=1S/C16H18ClN3O3/c1-2-3-8-18-16(22)19-11-6-7-13(12(17)10-11)20-15(21)14-5-4-9-23-14/h4-7,9-10H,2-3,8H2,1H3,(H,20,21)(H2,18,19,22). The summed E-state index contributed by atoms with van der Waals surface area (Å²) in [5.41, 5.74) is 0.977. The van der Waals surface area contributed by atoms with Crippen LogP contribution in [0.5, 0.6) is 0 Å². The van der Waals surface area contributed by atoms with Gasteiger partial charge in [-0.1, -0.05) is 24.9 Å². The highest BCUT2D eigenvalue weighted by Gasteiger charge is 2.11. The first-order chi connectivity index (χ1) is 11.1. The van der Waals surface area contributed by atoms with Crippen LogP contribution >= 0.6 is 11.6 Å². The molecule has 0 unspecified atom stereocenters. The number of unbranched alkanes of at least 4 members (excludes halogenated alkanes) is 1. The average molecular weight is 336 g/mol. The van der Waals surface area contributed by atoms with Crippen LogP contribution in [0.1, 0.15) is 30.3 Å². The van der Waals surface area contributed by atoms with Crippen LogP contribution in [0.15, 0.2) is 41.0 Å². The number of carbonyl (C=O) groups excluding carboxylic acids is 2. The number of nitrogens with one attached hydrogen (secondary N) is 3. The van der Waals surface area contributed by atoms with E-state index in [1.54, 1.807) is 30.3 Å². The summed E-state index contributed by atoms with van der Waals surface area (Å²) in [6.07, 6.45) is 3.35. The van der Waals surface area contributed by atoms with Gasteiger partial charge >= 0.3 is 6.03 Å². The highest BCUT2D eigenvalue weighted by Crippen LogP contribution is 2.26. The molecule has 0 fully saturated rings. The number of urea groups is 1. The third-order valence-corrected chi connectivity index (χ3v) is 3.35. The molecule has 1 heterocycles. The summed E-state index contributed by atoms with van der Waals surface area (Å²) in [6, 6.07) is 7.73. The Morgan fingerprint density at radius 2 is 2.04 bits per heavy atom. The second-order valence-corrected chi connectivity index (χ2v) is 5.27. The Labute approximate surface area is 139 Å². The van der Waals surface area contributed by atoms with Crippen molar-refractivity contribution in [1.82, 2.24) is 5.32 Å². The molecule has 122 valence electrons. The number of hydrogen-bond acceptors (Lipinski definition) is 3. The molecule has 3 N–H and O–H groups in total. The molecule has 0 saturated carbocycles. The highest BCUT2D eigenvalue weighted by atomic mass is 35.5. The fourth-order valence-corrected chi connectivity index (χ4v) is 2.07. The quantitative estimate of drug-likeness (QED) is 0.695. The Kier molecular flexibility index (Phi) is 6.05. The van der Waals surface area contributed by atoms with Crippen molar-refractivity contribution in [2.75, 3.05) is 17.2 Å². The summed E-state index contributed by atoms with van der Waals surface area (Å²) in [5.74, 6) is -0.200. The lowest BCUT2D eigenvalue weighted by Crippen LogP contribution is -2.29. The van der Waals surface area contributed by atoms with E-state index in [0.717, 1.165) is 12.8 Å². The molecule has 7 heteroatoms. The first-order valence-corrected chi connectivity index (χ1v) is 7.67. The van der Waals surface area contributed by atoms with Crippen molar-refractivity contribution in [2.24, 2.45) is 0 Å². The molecule has 0 saturated heterocycles. The number of rotatable bonds is 6. The Hall–Kier alpha value is -2.47. The molecular weight excluding hydrogens is 318 g/mol. The summed E-state index contributed by atoms with van der Waals surface area (Å²) < 4.78 is 5.01. The van der Waals surface area contributed by atoms with Gasteiger partial charge in [-0.05, 0) is 36.8 Å².